The van der Waals surface area contributed by atoms with Crippen molar-refractivity contribution in [2.75, 3.05) is 5.32 Å². The normalized spacial score (nSPS) is 11.5. The summed E-state index contributed by atoms with van der Waals surface area (Å²) in [5, 5.41) is 13.8. The first-order chi connectivity index (χ1) is 10.5. The van der Waals surface area contributed by atoms with Crippen LogP contribution in [0.3, 0.4) is 0 Å². The van der Waals surface area contributed by atoms with Gasteiger partial charge in [0.1, 0.15) is 12.0 Å². The van der Waals surface area contributed by atoms with Crippen LogP contribution in [0.1, 0.15) is 6.92 Å². The minimum absolute atomic E-state index is 0.0841. The van der Waals surface area contributed by atoms with Crippen LogP contribution in [0.4, 0.5) is 11.6 Å². The number of nitrogens with one attached hydrogen (secondary N) is 1. The highest BCUT2D eigenvalue weighted by Gasteiger charge is 2.22. The van der Waals surface area contributed by atoms with Crippen molar-refractivity contribution >= 4 is 29.1 Å². The third-order valence-electron chi connectivity index (χ3n) is 2.58. The van der Waals surface area contributed by atoms with Crippen molar-refractivity contribution in [1.29, 1.82) is 0 Å². The molecule has 8 nitrogen and oxygen atoms in total. The molecule has 1 N–H and O–H groups in total. The van der Waals surface area contributed by atoms with Crippen molar-refractivity contribution in [2.24, 2.45) is 0 Å². The molecule has 0 bridgehead atoms. The van der Waals surface area contributed by atoms with Gasteiger partial charge in [0.25, 0.3) is 5.91 Å². The van der Waals surface area contributed by atoms with E-state index in [1.165, 1.54) is 37.5 Å². The number of rotatable bonds is 5. The van der Waals surface area contributed by atoms with E-state index in [1.807, 2.05) is 0 Å². The van der Waals surface area contributed by atoms with Crippen LogP contribution < -0.4 is 10.1 Å². The molecule has 1 amide bonds. The van der Waals surface area contributed by atoms with Crippen molar-refractivity contribution in [3.8, 4) is 5.75 Å². The number of nitro groups is 1. The molecule has 0 saturated carbocycles. The van der Waals surface area contributed by atoms with Gasteiger partial charge in [0.15, 0.2) is 6.10 Å². The summed E-state index contributed by atoms with van der Waals surface area (Å²) in [5.41, 5.74) is 0. The second-order valence-corrected chi connectivity index (χ2v) is 4.63. The van der Waals surface area contributed by atoms with Crippen LogP contribution in [-0.4, -0.2) is 26.9 Å². The van der Waals surface area contributed by atoms with Crippen LogP contribution in [0.2, 0.25) is 5.02 Å². The molecule has 0 aliphatic carbocycles. The summed E-state index contributed by atoms with van der Waals surface area (Å²) in [6, 6.07) is 5.95. The molecule has 0 fully saturated rings. The molecule has 0 spiro atoms. The smallest absolute Gasteiger partial charge is 0.406 e. The molecule has 0 radical (unpaired) electrons. The molecule has 1 atom stereocenters. The van der Waals surface area contributed by atoms with Crippen molar-refractivity contribution < 1.29 is 14.5 Å². The molecular weight excluding hydrogens is 312 g/mol. The predicted octanol–water partition coefficient (Wildman–Crippen LogP) is 2.44. The van der Waals surface area contributed by atoms with Crippen molar-refractivity contribution in [1.82, 2.24) is 9.97 Å². The predicted molar refractivity (Wildman–Crippen MR) is 78.9 cm³/mol. The molecule has 2 heterocycles. The first-order valence-corrected chi connectivity index (χ1v) is 6.53. The molecule has 2 aromatic heterocycles. The highest BCUT2D eigenvalue weighted by Crippen LogP contribution is 2.24. The van der Waals surface area contributed by atoms with Crippen LogP contribution in [0, 0.1) is 10.1 Å². The first kappa shape index (κ1) is 15.6. The van der Waals surface area contributed by atoms with Crippen LogP contribution >= 0.6 is 11.6 Å². The summed E-state index contributed by atoms with van der Waals surface area (Å²) in [7, 11) is 0. The lowest BCUT2D eigenvalue weighted by atomic mass is 10.3. The molecule has 9 heteroatoms. The highest BCUT2D eigenvalue weighted by atomic mass is 35.5. The zero-order valence-electron chi connectivity index (χ0n) is 11.4. The fourth-order valence-corrected chi connectivity index (χ4v) is 1.64. The first-order valence-electron chi connectivity index (χ1n) is 6.16. The van der Waals surface area contributed by atoms with E-state index in [1.54, 1.807) is 6.07 Å². The summed E-state index contributed by atoms with van der Waals surface area (Å²) in [6.45, 7) is 1.46. The molecular formula is C13H11ClN4O4. The average molecular weight is 323 g/mol. The molecule has 2 aromatic rings. The molecule has 0 aromatic carbocycles. The lowest BCUT2D eigenvalue weighted by Gasteiger charge is -2.13. The van der Waals surface area contributed by atoms with Crippen molar-refractivity contribution in [2.45, 2.75) is 13.0 Å². The van der Waals surface area contributed by atoms with Crippen molar-refractivity contribution in [3.05, 3.63) is 51.8 Å². The van der Waals surface area contributed by atoms with Crippen LogP contribution in [0.25, 0.3) is 0 Å². The highest BCUT2D eigenvalue weighted by molar-refractivity contribution is 6.30. The Kier molecular flexibility index (Phi) is 4.84. The fraction of sp³-hybridized carbons (Fsp3) is 0.154. The summed E-state index contributed by atoms with van der Waals surface area (Å²) in [4.78, 5) is 29.7. The van der Waals surface area contributed by atoms with Crippen LogP contribution in [0.5, 0.6) is 5.75 Å². The maximum Gasteiger partial charge on any atom is 0.406 e. The topological polar surface area (TPSA) is 107 Å². The average Bonchev–Trinajstić information content (AvgIpc) is 2.49. The van der Waals surface area contributed by atoms with Gasteiger partial charge in [0, 0.05) is 6.20 Å². The zero-order valence-corrected chi connectivity index (χ0v) is 12.1. The molecule has 0 unspecified atom stereocenters. The van der Waals surface area contributed by atoms with Gasteiger partial charge in [-0.25, -0.2) is 4.98 Å². The quantitative estimate of drug-likeness (QED) is 0.669. The van der Waals surface area contributed by atoms with Gasteiger partial charge in [-0.05, 0) is 41.1 Å². The van der Waals surface area contributed by atoms with Gasteiger partial charge in [0.2, 0.25) is 5.75 Å². The van der Waals surface area contributed by atoms with E-state index in [0.29, 0.717) is 10.8 Å². The number of aromatic nitrogens is 2. The Balaban J connectivity index is 2.05. The Morgan fingerprint density at radius 1 is 1.41 bits per heavy atom. The lowest BCUT2D eigenvalue weighted by molar-refractivity contribution is -0.390. The monoisotopic (exact) mass is 322 g/mol. The molecule has 114 valence electrons. The lowest BCUT2D eigenvalue weighted by Crippen LogP contribution is -2.30. The number of pyridine rings is 2. The zero-order chi connectivity index (χ0) is 16.1. The van der Waals surface area contributed by atoms with E-state index >= 15 is 0 Å². The summed E-state index contributed by atoms with van der Waals surface area (Å²) in [6.07, 6.45) is 1.68. The number of halogens is 1. The van der Waals surface area contributed by atoms with Crippen molar-refractivity contribution in [3.63, 3.8) is 0 Å². The van der Waals surface area contributed by atoms with Gasteiger partial charge >= 0.3 is 5.82 Å². The number of hydrogen-bond donors (Lipinski definition) is 1. The van der Waals surface area contributed by atoms with E-state index in [4.69, 9.17) is 16.3 Å². The number of nitrogens with zero attached hydrogens (tertiary/aromatic N) is 3. The third-order valence-corrected chi connectivity index (χ3v) is 2.80. The Bertz CT molecular complexity index is 693. The van der Waals surface area contributed by atoms with Crippen LogP contribution in [-0.2, 0) is 4.79 Å². The molecule has 22 heavy (non-hydrogen) atoms. The van der Waals surface area contributed by atoms with Gasteiger partial charge in [-0.1, -0.05) is 11.6 Å². The fourth-order valence-electron chi connectivity index (χ4n) is 1.53. The van der Waals surface area contributed by atoms with E-state index in [2.05, 4.69) is 15.3 Å². The minimum atomic E-state index is -0.972. The standard InChI is InChI=1S/C13H11ClN4O4/c1-8(13(19)17-11-5-4-9(14)7-16-11)22-10-3-2-6-15-12(10)18(20)21/h2-8H,1H3,(H,16,17,19)/t8-/m1/s1. The Morgan fingerprint density at radius 2 is 2.18 bits per heavy atom. The number of ether oxygens (including phenoxy) is 1. The number of anilines is 1. The van der Waals surface area contributed by atoms with Crippen LogP contribution in [0.15, 0.2) is 36.7 Å². The molecule has 0 aliphatic heterocycles. The van der Waals surface area contributed by atoms with E-state index in [9.17, 15) is 14.9 Å². The third kappa shape index (κ3) is 3.89. The molecule has 0 saturated heterocycles. The largest absolute Gasteiger partial charge is 0.473 e. The van der Waals surface area contributed by atoms with Gasteiger partial charge in [-0.3, -0.25) is 4.79 Å². The van der Waals surface area contributed by atoms with E-state index < -0.39 is 22.8 Å². The Morgan fingerprint density at radius 3 is 2.82 bits per heavy atom. The minimum Gasteiger partial charge on any atom is -0.473 e. The molecule has 0 aliphatic rings. The summed E-state index contributed by atoms with van der Waals surface area (Å²) >= 11 is 5.69. The van der Waals surface area contributed by atoms with E-state index in [-0.39, 0.29) is 5.75 Å². The summed E-state index contributed by atoms with van der Waals surface area (Å²) < 4.78 is 5.29. The number of amides is 1. The van der Waals surface area contributed by atoms with Gasteiger partial charge in [-0.15, -0.1) is 0 Å². The number of hydrogen-bond acceptors (Lipinski definition) is 6. The number of carbonyl (C=O) groups is 1. The second kappa shape index (κ2) is 6.81. The molecule has 2 rings (SSSR count). The van der Waals surface area contributed by atoms with Gasteiger partial charge in [-0.2, -0.15) is 0 Å². The Labute approximate surface area is 130 Å². The van der Waals surface area contributed by atoms with Gasteiger partial charge < -0.3 is 20.2 Å². The van der Waals surface area contributed by atoms with E-state index in [0.717, 1.165) is 0 Å². The maximum atomic E-state index is 12.0. The SMILES string of the molecule is C[C@@H](Oc1cccnc1[N+](=O)[O-])C(=O)Nc1ccc(Cl)cn1. The van der Waals surface area contributed by atoms with Gasteiger partial charge in [0.05, 0.1) is 5.02 Å². The Hall–Kier alpha value is -2.74. The second-order valence-electron chi connectivity index (χ2n) is 4.19. The maximum absolute atomic E-state index is 12.0. The summed E-state index contributed by atoms with van der Waals surface area (Å²) in [5.74, 6) is -0.746. The number of carbonyl (C=O) groups excluding carboxylic acids is 1.